The maximum atomic E-state index is 6.02. The fourth-order valence-electron chi connectivity index (χ4n) is 4.81. The van der Waals surface area contributed by atoms with Gasteiger partial charge in [-0.2, -0.15) is 0 Å². The highest BCUT2D eigenvalue weighted by Gasteiger charge is 2.30. The minimum atomic E-state index is 0.756. The van der Waals surface area contributed by atoms with Gasteiger partial charge in [-0.3, -0.25) is 0 Å². The van der Waals surface area contributed by atoms with Crippen LogP contribution in [0.1, 0.15) is 62.8 Å². The number of allylic oxidation sites excluding steroid dienone is 1. The highest BCUT2D eigenvalue weighted by molar-refractivity contribution is 6.30. The summed E-state index contributed by atoms with van der Waals surface area (Å²) in [5.74, 6) is 3.49. The van der Waals surface area contributed by atoms with Gasteiger partial charge >= 0.3 is 0 Å². The molecule has 0 amide bonds. The van der Waals surface area contributed by atoms with Gasteiger partial charge < -0.3 is 4.74 Å². The van der Waals surface area contributed by atoms with Gasteiger partial charge in [0.2, 0.25) is 0 Å². The summed E-state index contributed by atoms with van der Waals surface area (Å²) in [4.78, 5) is 0. The minimum absolute atomic E-state index is 0.756. The van der Waals surface area contributed by atoms with Gasteiger partial charge in [0.15, 0.2) is 0 Å². The van der Waals surface area contributed by atoms with E-state index in [-0.39, 0.29) is 0 Å². The van der Waals surface area contributed by atoms with Crippen molar-refractivity contribution in [1.82, 2.24) is 0 Å². The molecule has 3 rings (SSSR count). The standard InChI is InChI=1S/C22H31ClO/c1-24-16-2-3-17-4-6-18(7-5-17)19-8-10-20(11-9-19)21-12-14-22(23)15-13-21/h2-3,12-15,17-20H,4-11,16H2,1H3/b3-2+/t17-,18-,19?,20?. The Labute approximate surface area is 152 Å². The van der Waals surface area contributed by atoms with Crippen LogP contribution in [-0.2, 0) is 4.74 Å². The Kier molecular flexibility index (Phi) is 6.80. The SMILES string of the molecule is COC/C=C/[C@H]1CC[C@H](C2CCC(c3ccc(Cl)cc3)CC2)CC1. The number of benzene rings is 1. The van der Waals surface area contributed by atoms with Gasteiger partial charge in [0.25, 0.3) is 0 Å². The molecule has 0 N–H and O–H groups in total. The first-order valence-electron chi connectivity index (χ1n) is 9.67. The molecular formula is C22H31ClO. The van der Waals surface area contributed by atoms with E-state index in [2.05, 4.69) is 24.3 Å². The van der Waals surface area contributed by atoms with Crippen LogP contribution in [0.25, 0.3) is 0 Å². The third-order valence-electron chi connectivity index (χ3n) is 6.27. The molecule has 1 aromatic rings. The van der Waals surface area contributed by atoms with E-state index in [1.807, 2.05) is 12.1 Å². The first kappa shape index (κ1) is 18.0. The van der Waals surface area contributed by atoms with Crippen LogP contribution in [0, 0.1) is 17.8 Å². The number of rotatable bonds is 5. The Balaban J connectivity index is 1.43. The number of halogens is 1. The molecule has 0 radical (unpaired) electrons. The van der Waals surface area contributed by atoms with Crippen LogP contribution >= 0.6 is 11.6 Å². The Morgan fingerprint density at radius 1 is 0.917 bits per heavy atom. The summed E-state index contributed by atoms with van der Waals surface area (Å²) >= 11 is 6.02. The molecule has 2 heteroatoms. The van der Waals surface area contributed by atoms with Gasteiger partial charge in [-0.1, -0.05) is 35.9 Å². The molecule has 0 heterocycles. The number of hydrogen-bond donors (Lipinski definition) is 0. The Bertz CT molecular complexity index is 505. The van der Waals surface area contributed by atoms with E-state index in [0.717, 1.165) is 35.3 Å². The van der Waals surface area contributed by atoms with Crippen molar-refractivity contribution in [3.63, 3.8) is 0 Å². The van der Waals surface area contributed by atoms with Gasteiger partial charge in [-0.05, 0) is 92.7 Å². The number of methoxy groups -OCH3 is 1. The quantitative estimate of drug-likeness (QED) is 0.544. The molecule has 1 aromatic carbocycles. The van der Waals surface area contributed by atoms with Crippen molar-refractivity contribution < 1.29 is 4.74 Å². The van der Waals surface area contributed by atoms with Crippen LogP contribution in [0.5, 0.6) is 0 Å². The second kappa shape index (κ2) is 9.06. The van der Waals surface area contributed by atoms with Gasteiger partial charge in [-0.15, -0.1) is 0 Å². The predicted octanol–water partition coefficient (Wildman–Crippen LogP) is 6.62. The fourth-order valence-corrected chi connectivity index (χ4v) is 4.94. The summed E-state index contributed by atoms with van der Waals surface area (Å²) in [5.41, 5.74) is 1.49. The lowest BCUT2D eigenvalue weighted by atomic mass is 9.68. The zero-order valence-corrected chi connectivity index (χ0v) is 15.7. The summed E-state index contributed by atoms with van der Waals surface area (Å²) in [6.07, 6.45) is 15.8. The van der Waals surface area contributed by atoms with Crippen molar-refractivity contribution in [2.45, 2.75) is 57.3 Å². The first-order valence-corrected chi connectivity index (χ1v) is 10.0. The third-order valence-corrected chi connectivity index (χ3v) is 6.52. The monoisotopic (exact) mass is 346 g/mol. The maximum Gasteiger partial charge on any atom is 0.0643 e. The maximum absolute atomic E-state index is 6.02. The zero-order valence-electron chi connectivity index (χ0n) is 14.9. The van der Waals surface area contributed by atoms with Gasteiger partial charge in [-0.25, -0.2) is 0 Å². The van der Waals surface area contributed by atoms with Crippen molar-refractivity contribution in [3.05, 3.63) is 47.0 Å². The van der Waals surface area contributed by atoms with Crippen LogP contribution in [-0.4, -0.2) is 13.7 Å². The molecule has 2 fully saturated rings. The summed E-state index contributed by atoms with van der Waals surface area (Å²) in [7, 11) is 1.77. The van der Waals surface area contributed by atoms with E-state index in [1.165, 1.54) is 56.9 Å². The highest BCUT2D eigenvalue weighted by Crippen LogP contribution is 2.44. The molecule has 1 nitrogen and oxygen atoms in total. The average molecular weight is 347 g/mol. The molecule has 2 aliphatic rings. The molecular weight excluding hydrogens is 316 g/mol. The van der Waals surface area contributed by atoms with Crippen molar-refractivity contribution in [2.75, 3.05) is 13.7 Å². The minimum Gasteiger partial charge on any atom is -0.381 e. The predicted molar refractivity (Wildman–Crippen MR) is 103 cm³/mol. The molecule has 24 heavy (non-hydrogen) atoms. The normalized spacial score (nSPS) is 31.4. The fraction of sp³-hybridized carbons (Fsp3) is 0.636. The molecule has 0 spiro atoms. The van der Waals surface area contributed by atoms with E-state index in [4.69, 9.17) is 16.3 Å². The van der Waals surface area contributed by atoms with Crippen molar-refractivity contribution in [3.8, 4) is 0 Å². The van der Waals surface area contributed by atoms with Crippen LogP contribution in [0.15, 0.2) is 36.4 Å². The van der Waals surface area contributed by atoms with Crippen molar-refractivity contribution in [2.24, 2.45) is 17.8 Å². The molecule has 0 unspecified atom stereocenters. The van der Waals surface area contributed by atoms with Crippen molar-refractivity contribution >= 4 is 11.6 Å². The van der Waals surface area contributed by atoms with E-state index in [0.29, 0.717) is 0 Å². The molecule has 0 saturated heterocycles. The smallest absolute Gasteiger partial charge is 0.0643 e. The van der Waals surface area contributed by atoms with Crippen LogP contribution < -0.4 is 0 Å². The average Bonchev–Trinajstić information content (AvgIpc) is 2.63. The Morgan fingerprint density at radius 3 is 2.08 bits per heavy atom. The molecule has 0 atom stereocenters. The van der Waals surface area contributed by atoms with Crippen LogP contribution in [0.3, 0.4) is 0 Å². The Morgan fingerprint density at radius 2 is 1.50 bits per heavy atom. The first-order chi connectivity index (χ1) is 11.8. The summed E-state index contributed by atoms with van der Waals surface area (Å²) in [6, 6.07) is 8.54. The lowest BCUT2D eigenvalue weighted by molar-refractivity contribution is 0.171. The molecule has 2 aliphatic carbocycles. The molecule has 132 valence electrons. The highest BCUT2D eigenvalue weighted by atomic mass is 35.5. The molecule has 0 aliphatic heterocycles. The lowest BCUT2D eigenvalue weighted by Crippen LogP contribution is -2.25. The topological polar surface area (TPSA) is 9.23 Å². The van der Waals surface area contributed by atoms with E-state index in [9.17, 15) is 0 Å². The van der Waals surface area contributed by atoms with Crippen molar-refractivity contribution in [1.29, 1.82) is 0 Å². The Hall–Kier alpha value is -0.790. The summed E-state index contributed by atoms with van der Waals surface area (Å²) < 4.78 is 5.11. The third kappa shape index (κ3) is 4.86. The zero-order chi connectivity index (χ0) is 16.8. The van der Waals surface area contributed by atoms with Gasteiger partial charge in [0.1, 0.15) is 0 Å². The van der Waals surface area contributed by atoms with E-state index < -0.39 is 0 Å². The summed E-state index contributed by atoms with van der Waals surface area (Å²) in [6.45, 7) is 0.759. The number of hydrogen-bond acceptors (Lipinski definition) is 1. The van der Waals surface area contributed by atoms with Crippen LogP contribution in [0.2, 0.25) is 5.02 Å². The van der Waals surface area contributed by atoms with Gasteiger partial charge in [0, 0.05) is 12.1 Å². The number of ether oxygens (including phenoxy) is 1. The van der Waals surface area contributed by atoms with E-state index in [1.54, 1.807) is 7.11 Å². The lowest BCUT2D eigenvalue weighted by Gasteiger charge is -2.37. The van der Waals surface area contributed by atoms with E-state index >= 15 is 0 Å². The molecule has 2 saturated carbocycles. The second-order valence-electron chi connectivity index (χ2n) is 7.72. The second-order valence-corrected chi connectivity index (χ2v) is 8.16. The van der Waals surface area contributed by atoms with Crippen LogP contribution in [0.4, 0.5) is 0 Å². The summed E-state index contributed by atoms with van der Waals surface area (Å²) in [5, 5.41) is 0.851. The van der Waals surface area contributed by atoms with Gasteiger partial charge in [0.05, 0.1) is 6.61 Å². The largest absolute Gasteiger partial charge is 0.381 e. The molecule has 0 aromatic heterocycles. The molecule has 0 bridgehead atoms.